The highest BCUT2D eigenvalue weighted by atomic mass is 127. The van der Waals surface area contributed by atoms with Crippen molar-refractivity contribution >= 4 is 51.9 Å². The molecule has 1 aliphatic heterocycles. The minimum Gasteiger partial charge on any atom is -0.434 e. The first kappa shape index (κ1) is 29.0. The lowest BCUT2D eigenvalue weighted by atomic mass is 10.1. The van der Waals surface area contributed by atoms with Gasteiger partial charge in [-0.25, -0.2) is 26.2 Å². The number of nitrogens with one attached hydrogen (secondary N) is 1. The van der Waals surface area contributed by atoms with Crippen molar-refractivity contribution in [2.24, 2.45) is 0 Å². The quantitative estimate of drug-likeness (QED) is 0.156. The van der Waals surface area contributed by atoms with Gasteiger partial charge in [0.25, 0.3) is 0 Å². The van der Waals surface area contributed by atoms with Gasteiger partial charge in [0.2, 0.25) is 11.9 Å². The Morgan fingerprint density at radius 1 is 1.24 bits per heavy atom. The molecule has 0 atom stereocenters. The van der Waals surface area contributed by atoms with E-state index < -0.39 is 36.0 Å². The molecule has 0 saturated carbocycles. The van der Waals surface area contributed by atoms with Crippen LogP contribution < -0.4 is 10.2 Å². The summed E-state index contributed by atoms with van der Waals surface area (Å²) in [6.07, 6.45) is 3.97. The van der Waals surface area contributed by atoms with Gasteiger partial charge in [-0.05, 0) is 38.4 Å². The number of rotatable bonds is 12. The average molecular weight is 633 g/mol. The minimum atomic E-state index is -0.992. The summed E-state index contributed by atoms with van der Waals surface area (Å²) < 4.78 is 46.4. The Hall–Kier alpha value is -2.57. The molecular formula is C24H30F2IN5O5. The number of piperidine rings is 1. The SMILES string of the molecule is CCCCCC(=O)N(COC(=O)OCCCOC1CCNCC1)c1nc2c(F)cc(C#N)c(F)c2n1I. The van der Waals surface area contributed by atoms with Crippen LogP contribution in [0.3, 0.4) is 0 Å². The number of anilines is 1. The first-order valence-corrected chi connectivity index (χ1v) is 13.2. The van der Waals surface area contributed by atoms with Crippen LogP contribution in [-0.2, 0) is 19.0 Å². The summed E-state index contributed by atoms with van der Waals surface area (Å²) in [5, 5.41) is 12.4. The number of unbranched alkanes of at least 4 members (excludes halogenated alkanes) is 2. The summed E-state index contributed by atoms with van der Waals surface area (Å²) >= 11 is 1.66. The second-order valence-corrected chi connectivity index (χ2v) is 9.51. The number of hydrogen-bond acceptors (Lipinski definition) is 8. The summed E-state index contributed by atoms with van der Waals surface area (Å²) in [6, 6.07) is 2.35. The van der Waals surface area contributed by atoms with Gasteiger partial charge in [0.05, 0.1) is 47.7 Å². The predicted octanol–water partition coefficient (Wildman–Crippen LogP) is 4.57. The van der Waals surface area contributed by atoms with E-state index in [9.17, 15) is 18.4 Å². The molecule has 13 heteroatoms. The molecule has 2 heterocycles. The number of aromatic nitrogens is 2. The van der Waals surface area contributed by atoms with E-state index in [2.05, 4.69) is 10.3 Å². The number of benzene rings is 1. The lowest BCUT2D eigenvalue weighted by Crippen LogP contribution is -2.35. The van der Waals surface area contributed by atoms with E-state index in [0.717, 1.165) is 52.5 Å². The Morgan fingerprint density at radius 3 is 2.70 bits per heavy atom. The van der Waals surface area contributed by atoms with Crippen LogP contribution in [0.4, 0.5) is 19.5 Å². The van der Waals surface area contributed by atoms with Gasteiger partial charge in [-0.3, -0.25) is 4.79 Å². The van der Waals surface area contributed by atoms with Crippen LogP contribution in [-0.4, -0.2) is 59.0 Å². The number of halogens is 3. The van der Waals surface area contributed by atoms with Crippen LogP contribution in [0.5, 0.6) is 0 Å². The van der Waals surface area contributed by atoms with Crippen molar-refractivity contribution in [3.05, 3.63) is 23.3 Å². The van der Waals surface area contributed by atoms with E-state index in [4.69, 9.17) is 19.5 Å². The number of fused-ring (bicyclic) bond motifs is 1. The first-order valence-electron chi connectivity index (χ1n) is 12.3. The second kappa shape index (κ2) is 14.4. The number of nitriles is 1. The van der Waals surface area contributed by atoms with E-state index in [-0.39, 0.29) is 36.1 Å². The average Bonchev–Trinajstić information content (AvgIpc) is 3.24. The number of ether oxygens (including phenoxy) is 3. The Labute approximate surface area is 227 Å². The molecule has 1 N–H and O–H groups in total. The van der Waals surface area contributed by atoms with Crippen LogP contribution in [0, 0.1) is 23.0 Å². The standard InChI is InChI=1S/C24H30F2IN5O5/c1-2-3-4-6-19(33)31(15-37-24(34)36-12-5-11-35-17-7-9-29-10-8-17)23-30-21-18(25)13-16(14-28)20(26)22(21)32(23)27/h13,17,29H,2-12,15H2,1H3. The summed E-state index contributed by atoms with van der Waals surface area (Å²) in [6.45, 7) is 3.79. The number of imidazole rings is 1. The fourth-order valence-electron chi connectivity index (χ4n) is 3.87. The maximum Gasteiger partial charge on any atom is 0.510 e. The fraction of sp³-hybridized carbons (Fsp3) is 0.583. The van der Waals surface area contributed by atoms with Gasteiger partial charge in [0.1, 0.15) is 17.1 Å². The second-order valence-electron chi connectivity index (χ2n) is 8.55. The molecule has 1 aliphatic rings. The van der Waals surface area contributed by atoms with E-state index in [1.165, 1.54) is 0 Å². The Morgan fingerprint density at radius 2 is 2.00 bits per heavy atom. The third-order valence-corrected chi connectivity index (χ3v) is 6.78. The summed E-state index contributed by atoms with van der Waals surface area (Å²) in [5.41, 5.74) is -1.11. The predicted molar refractivity (Wildman–Crippen MR) is 139 cm³/mol. The summed E-state index contributed by atoms with van der Waals surface area (Å²) in [4.78, 5) is 30.3. The zero-order valence-electron chi connectivity index (χ0n) is 20.6. The number of hydrogen-bond donors (Lipinski definition) is 1. The number of amides is 1. The maximum atomic E-state index is 14.8. The number of carbonyl (C=O) groups excluding carboxylic acids is 2. The molecule has 202 valence electrons. The molecule has 3 rings (SSSR count). The van der Waals surface area contributed by atoms with E-state index in [1.54, 1.807) is 28.9 Å². The third-order valence-electron chi connectivity index (χ3n) is 5.87. The van der Waals surface area contributed by atoms with E-state index >= 15 is 0 Å². The van der Waals surface area contributed by atoms with Crippen LogP contribution in [0.25, 0.3) is 11.0 Å². The molecule has 1 saturated heterocycles. The van der Waals surface area contributed by atoms with Gasteiger partial charge >= 0.3 is 6.16 Å². The largest absolute Gasteiger partial charge is 0.510 e. The highest BCUT2D eigenvalue weighted by molar-refractivity contribution is 14.1. The number of carbonyl (C=O) groups is 2. The fourth-order valence-corrected chi connectivity index (χ4v) is 4.68. The van der Waals surface area contributed by atoms with Crippen LogP contribution >= 0.6 is 22.9 Å². The third kappa shape index (κ3) is 7.71. The van der Waals surface area contributed by atoms with Crippen molar-refractivity contribution in [2.45, 2.75) is 58.0 Å². The van der Waals surface area contributed by atoms with Crippen molar-refractivity contribution < 1.29 is 32.6 Å². The first-order chi connectivity index (χ1) is 17.9. The normalized spacial score (nSPS) is 13.9. The van der Waals surface area contributed by atoms with Crippen molar-refractivity contribution in [2.75, 3.05) is 37.9 Å². The zero-order valence-corrected chi connectivity index (χ0v) is 22.8. The van der Waals surface area contributed by atoms with Crippen molar-refractivity contribution in [1.82, 2.24) is 13.1 Å². The summed E-state index contributed by atoms with van der Waals surface area (Å²) in [7, 11) is 0. The molecule has 0 spiro atoms. The molecule has 0 radical (unpaired) electrons. The van der Waals surface area contributed by atoms with Gasteiger partial charge in [0.15, 0.2) is 18.4 Å². The molecule has 1 aromatic heterocycles. The maximum absolute atomic E-state index is 14.8. The van der Waals surface area contributed by atoms with E-state index in [0.29, 0.717) is 19.4 Å². The molecule has 1 fully saturated rings. The number of nitrogens with zero attached hydrogens (tertiary/aromatic N) is 4. The van der Waals surface area contributed by atoms with Crippen LogP contribution in [0.1, 0.15) is 57.4 Å². The Balaban J connectivity index is 1.65. The molecule has 37 heavy (non-hydrogen) atoms. The highest BCUT2D eigenvalue weighted by Gasteiger charge is 2.27. The molecular weight excluding hydrogens is 603 g/mol. The Bertz CT molecular complexity index is 1130. The van der Waals surface area contributed by atoms with Crippen LogP contribution in [0.2, 0.25) is 0 Å². The lowest BCUT2D eigenvalue weighted by molar-refractivity contribution is -0.119. The van der Waals surface area contributed by atoms with Gasteiger partial charge in [-0.2, -0.15) is 5.26 Å². The Kier molecular flexibility index (Phi) is 11.3. The van der Waals surface area contributed by atoms with Crippen LogP contribution in [0.15, 0.2) is 6.07 Å². The molecule has 1 aromatic carbocycles. The lowest BCUT2D eigenvalue weighted by Gasteiger charge is -2.23. The highest BCUT2D eigenvalue weighted by Crippen LogP contribution is 2.31. The zero-order chi connectivity index (χ0) is 26.8. The van der Waals surface area contributed by atoms with Gasteiger partial charge < -0.3 is 19.5 Å². The monoisotopic (exact) mass is 633 g/mol. The van der Waals surface area contributed by atoms with Gasteiger partial charge in [0, 0.05) is 12.8 Å². The van der Waals surface area contributed by atoms with Crippen molar-refractivity contribution in [3.63, 3.8) is 0 Å². The molecule has 2 aromatic rings. The molecule has 0 unspecified atom stereocenters. The van der Waals surface area contributed by atoms with Gasteiger partial charge in [-0.1, -0.05) is 19.8 Å². The summed E-state index contributed by atoms with van der Waals surface area (Å²) in [5.74, 6) is -2.44. The van der Waals surface area contributed by atoms with Gasteiger partial charge in [-0.15, -0.1) is 0 Å². The van der Waals surface area contributed by atoms with Crippen molar-refractivity contribution in [3.8, 4) is 6.07 Å². The molecule has 0 aliphatic carbocycles. The minimum absolute atomic E-state index is 0.0758. The molecule has 10 nitrogen and oxygen atoms in total. The molecule has 1 amide bonds. The van der Waals surface area contributed by atoms with Crippen molar-refractivity contribution in [1.29, 1.82) is 5.26 Å². The van der Waals surface area contributed by atoms with E-state index in [1.807, 2.05) is 6.92 Å². The smallest absolute Gasteiger partial charge is 0.434 e. The molecule has 0 bridgehead atoms. The topological polar surface area (TPSA) is 119 Å².